The first-order chi connectivity index (χ1) is 6.49. The number of hydrogen-bond donors (Lipinski definition) is 1. The first-order valence-electron chi connectivity index (χ1n) is 4.48. The Hall–Kier alpha value is -0.840. The van der Waals surface area contributed by atoms with Gasteiger partial charge in [-0.25, -0.2) is 0 Å². The van der Waals surface area contributed by atoms with Crippen molar-refractivity contribution in [3.63, 3.8) is 0 Å². The zero-order chi connectivity index (χ0) is 10.7. The highest BCUT2D eigenvalue weighted by Crippen LogP contribution is 2.12. The van der Waals surface area contributed by atoms with E-state index in [2.05, 4.69) is 26.3 Å². The summed E-state index contributed by atoms with van der Waals surface area (Å²) in [6.07, 6.45) is 1.80. The Morgan fingerprint density at radius 2 is 2.36 bits per heavy atom. The van der Waals surface area contributed by atoms with Crippen molar-refractivity contribution >= 4 is 21.8 Å². The molecule has 1 rings (SSSR count). The quantitative estimate of drug-likeness (QED) is 0.894. The summed E-state index contributed by atoms with van der Waals surface area (Å²) in [5, 5.41) is 6.97. The average Bonchev–Trinajstić information content (AvgIpc) is 2.28. The Labute approximate surface area is 91.8 Å². The maximum absolute atomic E-state index is 11.4. The lowest BCUT2D eigenvalue weighted by Gasteiger charge is -2.07. The number of aryl methyl sites for hydroxylation is 1. The van der Waals surface area contributed by atoms with Gasteiger partial charge in [0.1, 0.15) is 6.54 Å². The highest BCUT2D eigenvalue weighted by molar-refractivity contribution is 9.10. The van der Waals surface area contributed by atoms with Gasteiger partial charge in [-0.3, -0.25) is 9.48 Å². The van der Waals surface area contributed by atoms with Crippen LogP contribution in [0.3, 0.4) is 0 Å². The van der Waals surface area contributed by atoms with E-state index in [0.717, 1.165) is 10.2 Å². The maximum atomic E-state index is 11.4. The van der Waals surface area contributed by atoms with Crippen LogP contribution in [0.15, 0.2) is 10.7 Å². The molecule has 0 saturated carbocycles. The molecule has 0 unspecified atom stereocenters. The highest BCUT2D eigenvalue weighted by Gasteiger charge is 2.06. The monoisotopic (exact) mass is 259 g/mol. The van der Waals surface area contributed by atoms with Gasteiger partial charge in [0.15, 0.2) is 0 Å². The second kappa shape index (κ2) is 4.59. The number of halogens is 1. The lowest BCUT2D eigenvalue weighted by Crippen LogP contribution is -2.33. The van der Waals surface area contributed by atoms with Crippen LogP contribution in [0.25, 0.3) is 0 Å². The molecule has 4 nitrogen and oxygen atoms in total. The molecule has 14 heavy (non-hydrogen) atoms. The van der Waals surface area contributed by atoms with E-state index in [1.165, 1.54) is 0 Å². The molecule has 78 valence electrons. The molecule has 5 heteroatoms. The van der Waals surface area contributed by atoms with Crippen molar-refractivity contribution in [2.45, 2.75) is 33.4 Å². The van der Waals surface area contributed by atoms with Crippen LogP contribution < -0.4 is 5.32 Å². The van der Waals surface area contributed by atoms with Crippen molar-refractivity contribution < 1.29 is 4.79 Å². The smallest absolute Gasteiger partial charge is 0.241 e. The van der Waals surface area contributed by atoms with E-state index in [0.29, 0.717) is 0 Å². The molecule has 1 aromatic rings. The van der Waals surface area contributed by atoms with E-state index < -0.39 is 0 Å². The molecule has 0 aliphatic heterocycles. The Morgan fingerprint density at radius 3 is 2.79 bits per heavy atom. The molecular weight excluding hydrogens is 246 g/mol. The van der Waals surface area contributed by atoms with Crippen LogP contribution in [0, 0.1) is 6.92 Å². The number of rotatable bonds is 3. The summed E-state index contributed by atoms with van der Waals surface area (Å²) in [4.78, 5) is 11.4. The van der Waals surface area contributed by atoms with E-state index >= 15 is 0 Å². The van der Waals surface area contributed by atoms with E-state index in [1.54, 1.807) is 10.9 Å². The molecular formula is C9H14BrN3O. The lowest BCUT2D eigenvalue weighted by atomic mass is 10.4. The fourth-order valence-corrected chi connectivity index (χ4v) is 1.40. The number of carbonyl (C=O) groups is 1. The van der Waals surface area contributed by atoms with E-state index in [1.807, 2.05) is 20.8 Å². The maximum Gasteiger partial charge on any atom is 0.241 e. The second-order valence-corrected chi connectivity index (χ2v) is 4.34. The van der Waals surface area contributed by atoms with Crippen molar-refractivity contribution in [3.05, 3.63) is 16.4 Å². The van der Waals surface area contributed by atoms with Gasteiger partial charge in [0.05, 0.1) is 10.2 Å². The van der Waals surface area contributed by atoms with Gasteiger partial charge in [0.2, 0.25) is 5.91 Å². The van der Waals surface area contributed by atoms with Crippen LogP contribution in [-0.4, -0.2) is 21.7 Å². The van der Waals surface area contributed by atoms with Gasteiger partial charge < -0.3 is 5.32 Å². The number of nitrogens with one attached hydrogen (secondary N) is 1. The third kappa shape index (κ3) is 3.14. The van der Waals surface area contributed by atoms with Crippen LogP contribution in [0.2, 0.25) is 0 Å². The van der Waals surface area contributed by atoms with E-state index in [9.17, 15) is 4.79 Å². The van der Waals surface area contributed by atoms with Crippen molar-refractivity contribution in [1.82, 2.24) is 15.1 Å². The normalized spacial score (nSPS) is 10.6. The number of amides is 1. The van der Waals surface area contributed by atoms with Gasteiger partial charge in [-0.1, -0.05) is 0 Å². The molecule has 0 radical (unpaired) electrons. The summed E-state index contributed by atoms with van der Waals surface area (Å²) < 4.78 is 2.55. The Morgan fingerprint density at radius 1 is 1.71 bits per heavy atom. The Balaban J connectivity index is 2.56. The van der Waals surface area contributed by atoms with Crippen LogP contribution in [0.5, 0.6) is 0 Å². The second-order valence-electron chi connectivity index (χ2n) is 3.48. The number of hydrogen-bond acceptors (Lipinski definition) is 2. The van der Waals surface area contributed by atoms with Gasteiger partial charge in [0.25, 0.3) is 0 Å². The molecule has 1 heterocycles. The predicted molar refractivity (Wildman–Crippen MR) is 57.9 cm³/mol. The van der Waals surface area contributed by atoms with Crippen molar-refractivity contribution in [2.75, 3.05) is 0 Å². The molecule has 0 fully saturated rings. The predicted octanol–water partition coefficient (Wildman–Crippen LogP) is 1.48. The topological polar surface area (TPSA) is 46.9 Å². The van der Waals surface area contributed by atoms with Gasteiger partial charge in [-0.2, -0.15) is 5.10 Å². The number of carbonyl (C=O) groups excluding carboxylic acids is 1. The molecule has 0 aliphatic carbocycles. The van der Waals surface area contributed by atoms with Crippen LogP contribution in [0.1, 0.15) is 19.5 Å². The zero-order valence-corrected chi connectivity index (χ0v) is 10.1. The minimum atomic E-state index is -0.0185. The summed E-state index contributed by atoms with van der Waals surface area (Å²) >= 11 is 3.34. The molecule has 0 aliphatic rings. The molecule has 0 saturated heterocycles. The summed E-state index contributed by atoms with van der Waals surface area (Å²) in [7, 11) is 0. The zero-order valence-electron chi connectivity index (χ0n) is 8.54. The van der Waals surface area contributed by atoms with Crippen LogP contribution >= 0.6 is 15.9 Å². The third-order valence-electron chi connectivity index (χ3n) is 1.64. The van der Waals surface area contributed by atoms with Crippen LogP contribution in [-0.2, 0) is 11.3 Å². The van der Waals surface area contributed by atoms with Crippen LogP contribution in [0.4, 0.5) is 0 Å². The summed E-state index contributed by atoms with van der Waals surface area (Å²) in [5.74, 6) is -0.0185. The minimum absolute atomic E-state index is 0.0185. The minimum Gasteiger partial charge on any atom is -0.352 e. The first kappa shape index (κ1) is 11.2. The molecule has 1 aromatic heterocycles. The molecule has 0 spiro atoms. The van der Waals surface area contributed by atoms with Crippen molar-refractivity contribution in [3.8, 4) is 0 Å². The van der Waals surface area contributed by atoms with Crippen molar-refractivity contribution in [1.29, 1.82) is 0 Å². The highest BCUT2D eigenvalue weighted by atomic mass is 79.9. The first-order valence-corrected chi connectivity index (χ1v) is 5.27. The molecule has 0 bridgehead atoms. The van der Waals surface area contributed by atoms with Gasteiger partial charge in [-0.15, -0.1) is 0 Å². The van der Waals surface area contributed by atoms with Gasteiger partial charge in [0, 0.05) is 12.2 Å². The van der Waals surface area contributed by atoms with Crippen molar-refractivity contribution in [2.24, 2.45) is 0 Å². The fourth-order valence-electron chi connectivity index (χ4n) is 1.09. The fraction of sp³-hybridized carbons (Fsp3) is 0.556. The molecule has 1 amide bonds. The standard InChI is InChI=1S/C9H14BrN3O/c1-6(2)11-9(14)5-13-4-8(10)7(3)12-13/h4,6H,5H2,1-3H3,(H,11,14). The lowest BCUT2D eigenvalue weighted by molar-refractivity contribution is -0.122. The number of aromatic nitrogens is 2. The molecule has 0 atom stereocenters. The molecule has 1 N–H and O–H groups in total. The van der Waals surface area contributed by atoms with E-state index in [4.69, 9.17) is 0 Å². The summed E-state index contributed by atoms with van der Waals surface area (Å²) in [6, 6.07) is 0.169. The number of nitrogens with zero attached hydrogens (tertiary/aromatic N) is 2. The van der Waals surface area contributed by atoms with Gasteiger partial charge in [-0.05, 0) is 36.7 Å². The Kier molecular flexibility index (Phi) is 3.69. The van der Waals surface area contributed by atoms with E-state index in [-0.39, 0.29) is 18.5 Å². The summed E-state index contributed by atoms with van der Waals surface area (Å²) in [6.45, 7) is 6.02. The largest absolute Gasteiger partial charge is 0.352 e. The summed E-state index contributed by atoms with van der Waals surface area (Å²) in [5.41, 5.74) is 0.891. The average molecular weight is 260 g/mol. The SMILES string of the molecule is Cc1nn(CC(=O)NC(C)C)cc1Br. The molecule has 0 aromatic carbocycles. The van der Waals surface area contributed by atoms with Gasteiger partial charge >= 0.3 is 0 Å². The third-order valence-corrected chi connectivity index (χ3v) is 2.42. The Bertz CT molecular complexity index is 313.